The van der Waals surface area contributed by atoms with Crippen LogP contribution in [0.4, 0.5) is 11.4 Å². The molecule has 1 aliphatic heterocycles. The van der Waals surface area contributed by atoms with E-state index in [1.807, 2.05) is 19.9 Å². The summed E-state index contributed by atoms with van der Waals surface area (Å²) in [6, 6.07) is 1.92. The summed E-state index contributed by atoms with van der Waals surface area (Å²) in [5.41, 5.74) is 4.62. The zero-order chi connectivity index (χ0) is 14.4. The van der Waals surface area contributed by atoms with Gasteiger partial charge >= 0.3 is 0 Å². The number of nitrogens with zero attached hydrogens (tertiary/aromatic N) is 2. The first-order valence-electron chi connectivity index (χ1n) is 6.19. The number of anilines is 2. The van der Waals surface area contributed by atoms with Gasteiger partial charge in [-0.2, -0.15) is 4.98 Å². The van der Waals surface area contributed by atoms with Gasteiger partial charge in [-0.3, -0.25) is 4.79 Å². The summed E-state index contributed by atoms with van der Waals surface area (Å²) in [4.78, 5) is 16.0. The average molecular weight is 270 g/mol. The molecule has 3 rings (SSSR count). The summed E-state index contributed by atoms with van der Waals surface area (Å²) in [7, 11) is 0. The van der Waals surface area contributed by atoms with Gasteiger partial charge < -0.3 is 15.2 Å². The maximum absolute atomic E-state index is 11.7. The molecule has 0 atom stereocenters. The SMILES string of the molecule is C=C1Nc2c(cc(C)c(C)c2-c2noc(C)n2)NC1=O. The van der Waals surface area contributed by atoms with Crippen molar-refractivity contribution in [2.24, 2.45) is 0 Å². The van der Waals surface area contributed by atoms with Gasteiger partial charge in [0, 0.05) is 6.92 Å². The minimum Gasteiger partial charge on any atom is -0.349 e. The molecule has 1 aromatic carbocycles. The molecule has 1 aromatic heterocycles. The third-order valence-electron chi connectivity index (χ3n) is 3.40. The normalized spacial score (nSPS) is 13.8. The first kappa shape index (κ1) is 12.4. The standard InChI is InChI=1S/C14H14N4O2/c1-6-5-10-12(15-8(3)14(19)17-10)11(7(6)2)13-16-9(4)20-18-13/h5,15H,3H2,1-2,4H3,(H,17,19). The Labute approximate surface area is 115 Å². The van der Waals surface area contributed by atoms with Gasteiger partial charge in [0.2, 0.25) is 11.7 Å². The van der Waals surface area contributed by atoms with Crippen LogP contribution in [0.15, 0.2) is 22.9 Å². The maximum atomic E-state index is 11.7. The number of aryl methyl sites for hydroxylation is 2. The lowest BCUT2D eigenvalue weighted by Gasteiger charge is -2.24. The maximum Gasteiger partial charge on any atom is 0.271 e. The van der Waals surface area contributed by atoms with Crippen molar-refractivity contribution in [2.75, 3.05) is 10.6 Å². The molecule has 6 heteroatoms. The molecule has 1 aliphatic rings. The van der Waals surface area contributed by atoms with Gasteiger partial charge in [-0.15, -0.1) is 0 Å². The third kappa shape index (κ3) is 1.77. The quantitative estimate of drug-likeness (QED) is 0.778. The monoisotopic (exact) mass is 270 g/mol. The van der Waals surface area contributed by atoms with Crippen molar-refractivity contribution in [3.05, 3.63) is 35.4 Å². The summed E-state index contributed by atoms with van der Waals surface area (Å²) < 4.78 is 5.05. The second-order valence-corrected chi connectivity index (χ2v) is 4.81. The number of fused-ring (bicyclic) bond motifs is 1. The fraction of sp³-hybridized carbons (Fsp3) is 0.214. The molecule has 20 heavy (non-hydrogen) atoms. The molecule has 0 saturated carbocycles. The van der Waals surface area contributed by atoms with E-state index in [4.69, 9.17) is 4.52 Å². The summed E-state index contributed by atoms with van der Waals surface area (Å²) in [6.07, 6.45) is 0. The Hall–Kier alpha value is -2.63. The highest BCUT2D eigenvalue weighted by molar-refractivity contribution is 6.13. The largest absolute Gasteiger partial charge is 0.349 e. The number of carbonyl (C=O) groups is 1. The Kier molecular flexibility index (Phi) is 2.60. The fourth-order valence-electron chi connectivity index (χ4n) is 2.23. The molecule has 0 bridgehead atoms. The smallest absolute Gasteiger partial charge is 0.271 e. The van der Waals surface area contributed by atoms with Crippen molar-refractivity contribution < 1.29 is 9.32 Å². The number of amides is 1. The van der Waals surface area contributed by atoms with Crippen molar-refractivity contribution in [1.29, 1.82) is 0 Å². The molecule has 0 fully saturated rings. The van der Waals surface area contributed by atoms with Gasteiger partial charge in [-0.1, -0.05) is 11.7 Å². The molecular formula is C14H14N4O2. The number of carbonyl (C=O) groups excluding carboxylic acids is 1. The Bertz CT molecular complexity index is 746. The van der Waals surface area contributed by atoms with E-state index in [0.29, 0.717) is 23.1 Å². The lowest BCUT2D eigenvalue weighted by atomic mass is 9.97. The predicted molar refractivity (Wildman–Crippen MR) is 75.3 cm³/mol. The zero-order valence-corrected chi connectivity index (χ0v) is 11.5. The van der Waals surface area contributed by atoms with Crippen LogP contribution in [0.2, 0.25) is 0 Å². The van der Waals surface area contributed by atoms with Crippen LogP contribution in [0.25, 0.3) is 11.4 Å². The highest BCUT2D eigenvalue weighted by atomic mass is 16.5. The van der Waals surface area contributed by atoms with E-state index in [0.717, 1.165) is 22.4 Å². The third-order valence-corrected chi connectivity index (χ3v) is 3.40. The van der Waals surface area contributed by atoms with Crippen LogP contribution in [0, 0.1) is 20.8 Å². The fourth-order valence-corrected chi connectivity index (χ4v) is 2.23. The van der Waals surface area contributed by atoms with Crippen molar-refractivity contribution in [3.63, 3.8) is 0 Å². The number of aromatic nitrogens is 2. The number of rotatable bonds is 1. The van der Waals surface area contributed by atoms with Gasteiger partial charge in [-0.05, 0) is 31.0 Å². The molecule has 102 valence electrons. The van der Waals surface area contributed by atoms with Crippen molar-refractivity contribution in [3.8, 4) is 11.4 Å². The second-order valence-electron chi connectivity index (χ2n) is 4.81. The second kappa shape index (κ2) is 4.19. The average Bonchev–Trinajstić information content (AvgIpc) is 2.80. The predicted octanol–water partition coefficient (Wildman–Crippen LogP) is 2.54. The molecule has 0 aliphatic carbocycles. The molecule has 2 heterocycles. The lowest BCUT2D eigenvalue weighted by molar-refractivity contribution is -0.112. The molecule has 2 aromatic rings. The minimum absolute atomic E-state index is 0.240. The van der Waals surface area contributed by atoms with Gasteiger partial charge in [0.25, 0.3) is 5.91 Å². The summed E-state index contributed by atoms with van der Waals surface area (Å²) in [6.45, 7) is 9.39. The molecule has 0 unspecified atom stereocenters. The van der Waals surface area contributed by atoms with Crippen molar-refractivity contribution in [2.45, 2.75) is 20.8 Å². The Morgan fingerprint density at radius 1 is 1.25 bits per heavy atom. The summed E-state index contributed by atoms with van der Waals surface area (Å²) in [5, 5.41) is 9.81. The van der Waals surface area contributed by atoms with Crippen LogP contribution in [0.3, 0.4) is 0 Å². The van der Waals surface area contributed by atoms with Crippen LogP contribution in [-0.2, 0) is 4.79 Å². The Morgan fingerprint density at radius 3 is 2.65 bits per heavy atom. The van der Waals surface area contributed by atoms with Gasteiger partial charge in [0.05, 0.1) is 22.6 Å². The van der Waals surface area contributed by atoms with E-state index in [9.17, 15) is 4.79 Å². The topological polar surface area (TPSA) is 80.1 Å². The molecule has 0 spiro atoms. The van der Waals surface area contributed by atoms with E-state index >= 15 is 0 Å². The number of hydrogen-bond donors (Lipinski definition) is 2. The summed E-state index contributed by atoms with van der Waals surface area (Å²) in [5.74, 6) is 0.751. The molecule has 2 N–H and O–H groups in total. The Morgan fingerprint density at radius 2 is 2.00 bits per heavy atom. The van der Waals surface area contributed by atoms with Crippen molar-refractivity contribution >= 4 is 17.3 Å². The van der Waals surface area contributed by atoms with E-state index in [-0.39, 0.29) is 5.91 Å². The van der Waals surface area contributed by atoms with Gasteiger partial charge in [0.15, 0.2) is 0 Å². The highest BCUT2D eigenvalue weighted by Gasteiger charge is 2.25. The van der Waals surface area contributed by atoms with E-state index in [1.165, 1.54) is 0 Å². The van der Waals surface area contributed by atoms with Crippen LogP contribution in [0.1, 0.15) is 17.0 Å². The van der Waals surface area contributed by atoms with Crippen LogP contribution in [-0.4, -0.2) is 16.0 Å². The molecule has 0 saturated heterocycles. The van der Waals surface area contributed by atoms with E-state index in [2.05, 4.69) is 27.4 Å². The lowest BCUT2D eigenvalue weighted by Crippen LogP contribution is -2.25. The van der Waals surface area contributed by atoms with E-state index < -0.39 is 0 Å². The van der Waals surface area contributed by atoms with Gasteiger partial charge in [0.1, 0.15) is 0 Å². The summed E-state index contributed by atoms with van der Waals surface area (Å²) >= 11 is 0. The van der Waals surface area contributed by atoms with Crippen LogP contribution < -0.4 is 10.6 Å². The minimum atomic E-state index is -0.240. The zero-order valence-electron chi connectivity index (χ0n) is 11.5. The molecule has 1 amide bonds. The molecular weight excluding hydrogens is 256 g/mol. The first-order valence-corrected chi connectivity index (χ1v) is 6.19. The number of nitrogens with one attached hydrogen (secondary N) is 2. The number of hydrogen-bond acceptors (Lipinski definition) is 5. The number of benzene rings is 1. The molecule has 6 nitrogen and oxygen atoms in total. The van der Waals surface area contributed by atoms with Crippen molar-refractivity contribution in [1.82, 2.24) is 10.1 Å². The van der Waals surface area contributed by atoms with Crippen LogP contribution in [0.5, 0.6) is 0 Å². The highest BCUT2D eigenvalue weighted by Crippen LogP contribution is 2.40. The first-order chi connectivity index (χ1) is 9.47. The molecule has 0 radical (unpaired) electrons. The Balaban J connectivity index is 2.28. The van der Waals surface area contributed by atoms with Gasteiger partial charge in [-0.25, -0.2) is 0 Å². The van der Waals surface area contributed by atoms with Crippen LogP contribution >= 0.6 is 0 Å². The van der Waals surface area contributed by atoms with E-state index in [1.54, 1.807) is 6.92 Å².